The fraction of sp³-hybridized carbons (Fsp3) is 0.500. The standard InChI is InChI=1S/C32H43N5O/c1-32(2,27-10-14-30(15-11-27)38-29-6-5-7-29)26-8-12-28(13-9-26)37-17-16-25(31(23-37)33-3)22-34-24-36-20-18-35(4)19-21-36/h8-15,22,29H,3,5-7,16-21,23-24H2,1-2,4H3/b34-22-. The van der Waals surface area contributed by atoms with Gasteiger partial charge in [0.1, 0.15) is 5.75 Å². The lowest BCUT2D eigenvalue weighted by Gasteiger charge is -2.32. The number of aliphatic imine (C=N–C) groups is 2. The molecule has 2 aromatic carbocycles. The summed E-state index contributed by atoms with van der Waals surface area (Å²) in [5, 5.41) is 0. The van der Waals surface area contributed by atoms with Crippen LogP contribution in [0.3, 0.4) is 0 Å². The Morgan fingerprint density at radius 2 is 1.61 bits per heavy atom. The molecule has 0 unspecified atom stereocenters. The highest BCUT2D eigenvalue weighted by Gasteiger charge is 2.25. The molecule has 2 aliphatic heterocycles. The summed E-state index contributed by atoms with van der Waals surface area (Å²) in [5.74, 6) is 0.984. The molecule has 0 atom stereocenters. The van der Waals surface area contributed by atoms with E-state index in [0.717, 1.165) is 63.8 Å². The third-order valence-electron chi connectivity index (χ3n) is 8.56. The Hall–Kier alpha value is -2.96. The van der Waals surface area contributed by atoms with E-state index in [1.165, 1.54) is 41.6 Å². The van der Waals surface area contributed by atoms with Crippen molar-refractivity contribution in [3.05, 3.63) is 70.9 Å². The van der Waals surface area contributed by atoms with Crippen molar-refractivity contribution >= 4 is 18.6 Å². The van der Waals surface area contributed by atoms with Gasteiger partial charge < -0.3 is 14.5 Å². The van der Waals surface area contributed by atoms with Crippen molar-refractivity contribution in [2.75, 3.05) is 57.9 Å². The van der Waals surface area contributed by atoms with E-state index in [-0.39, 0.29) is 5.41 Å². The van der Waals surface area contributed by atoms with Crippen LogP contribution in [0.5, 0.6) is 5.75 Å². The molecule has 202 valence electrons. The Balaban J connectivity index is 1.20. The van der Waals surface area contributed by atoms with Crippen LogP contribution in [0.25, 0.3) is 0 Å². The Labute approximate surface area is 228 Å². The molecule has 0 N–H and O–H groups in total. The van der Waals surface area contributed by atoms with E-state index in [4.69, 9.17) is 9.73 Å². The van der Waals surface area contributed by atoms with Crippen LogP contribution in [0.15, 0.2) is 69.8 Å². The maximum Gasteiger partial charge on any atom is 0.119 e. The van der Waals surface area contributed by atoms with Crippen LogP contribution in [0.4, 0.5) is 5.69 Å². The highest BCUT2D eigenvalue weighted by molar-refractivity contribution is 5.81. The van der Waals surface area contributed by atoms with Crippen LogP contribution in [0.1, 0.15) is 50.7 Å². The Morgan fingerprint density at radius 1 is 0.947 bits per heavy atom. The zero-order valence-corrected chi connectivity index (χ0v) is 23.4. The van der Waals surface area contributed by atoms with Crippen LogP contribution in [-0.4, -0.2) is 81.8 Å². The Bertz CT molecular complexity index is 1140. The summed E-state index contributed by atoms with van der Waals surface area (Å²) in [4.78, 5) is 16.3. The summed E-state index contributed by atoms with van der Waals surface area (Å²) >= 11 is 0. The molecule has 3 aliphatic rings. The number of hydrogen-bond donors (Lipinski definition) is 0. The Kier molecular flexibility index (Phi) is 8.29. The molecule has 38 heavy (non-hydrogen) atoms. The first-order valence-corrected chi connectivity index (χ1v) is 14.1. The van der Waals surface area contributed by atoms with Crippen molar-refractivity contribution in [3.8, 4) is 5.75 Å². The van der Waals surface area contributed by atoms with Gasteiger partial charge in [0.15, 0.2) is 0 Å². The Morgan fingerprint density at radius 3 is 2.21 bits per heavy atom. The van der Waals surface area contributed by atoms with Gasteiger partial charge in [-0.05, 0) is 80.4 Å². The molecule has 0 aromatic heterocycles. The number of piperazine rings is 1. The summed E-state index contributed by atoms with van der Waals surface area (Å²) in [6, 6.07) is 17.7. The largest absolute Gasteiger partial charge is 0.490 e. The lowest BCUT2D eigenvalue weighted by atomic mass is 9.78. The zero-order valence-electron chi connectivity index (χ0n) is 23.4. The van der Waals surface area contributed by atoms with E-state index in [2.05, 4.69) is 95.8 Å². The fourth-order valence-corrected chi connectivity index (χ4v) is 5.41. The topological polar surface area (TPSA) is 43.7 Å². The smallest absolute Gasteiger partial charge is 0.119 e. The maximum absolute atomic E-state index is 6.05. The minimum atomic E-state index is -0.0867. The van der Waals surface area contributed by atoms with Crippen LogP contribution < -0.4 is 9.64 Å². The predicted molar refractivity (Wildman–Crippen MR) is 159 cm³/mol. The van der Waals surface area contributed by atoms with Gasteiger partial charge in [0.05, 0.1) is 25.0 Å². The van der Waals surface area contributed by atoms with E-state index in [1.807, 2.05) is 6.21 Å². The molecule has 0 radical (unpaired) electrons. The molecule has 1 saturated heterocycles. The van der Waals surface area contributed by atoms with Crippen molar-refractivity contribution in [3.63, 3.8) is 0 Å². The van der Waals surface area contributed by atoms with E-state index >= 15 is 0 Å². The molecular formula is C32H43N5O. The molecule has 2 aromatic rings. The average molecular weight is 514 g/mol. The molecule has 2 fully saturated rings. The van der Waals surface area contributed by atoms with Gasteiger partial charge in [-0.3, -0.25) is 14.9 Å². The first-order valence-electron chi connectivity index (χ1n) is 14.1. The summed E-state index contributed by atoms with van der Waals surface area (Å²) in [7, 11) is 2.18. The summed E-state index contributed by atoms with van der Waals surface area (Å²) in [6.45, 7) is 15.3. The predicted octanol–water partition coefficient (Wildman–Crippen LogP) is 5.38. The molecular weight excluding hydrogens is 470 g/mol. The van der Waals surface area contributed by atoms with Crippen LogP contribution in [0.2, 0.25) is 0 Å². The second-order valence-corrected chi connectivity index (χ2v) is 11.5. The van der Waals surface area contributed by atoms with Crippen molar-refractivity contribution in [2.45, 2.75) is 51.0 Å². The number of hydrogen-bond acceptors (Lipinski definition) is 6. The normalized spacial score (nSPS) is 20.1. The number of nitrogens with zero attached hydrogens (tertiary/aromatic N) is 5. The van der Waals surface area contributed by atoms with E-state index in [1.54, 1.807) is 0 Å². The highest BCUT2D eigenvalue weighted by atomic mass is 16.5. The molecule has 0 bridgehead atoms. The van der Waals surface area contributed by atoms with Gasteiger partial charge in [-0.15, -0.1) is 0 Å². The van der Waals surface area contributed by atoms with E-state index < -0.39 is 0 Å². The summed E-state index contributed by atoms with van der Waals surface area (Å²) in [5.41, 5.74) is 5.99. The third-order valence-corrected chi connectivity index (χ3v) is 8.56. The van der Waals surface area contributed by atoms with Gasteiger partial charge >= 0.3 is 0 Å². The fourth-order valence-electron chi connectivity index (χ4n) is 5.41. The SMILES string of the molecule is C=NC1=C(/C=N\CN2CCN(C)CC2)CCN(c2ccc(C(C)(C)c3ccc(OC4CCC4)cc3)cc2)C1. The lowest BCUT2D eigenvalue weighted by Crippen LogP contribution is -2.44. The van der Waals surface area contributed by atoms with E-state index in [9.17, 15) is 0 Å². The highest BCUT2D eigenvalue weighted by Crippen LogP contribution is 2.35. The molecule has 0 spiro atoms. The second-order valence-electron chi connectivity index (χ2n) is 11.5. The number of rotatable bonds is 9. The van der Waals surface area contributed by atoms with Crippen molar-refractivity contribution in [1.82, 2.24) is 9.80 Å². The molecule has 6 heteroatoms. The quantitative estimate of drug-likeness (QED) is 0.422. The van der Waals surface area contributed by atoms with Crippen LogP contribution in [-0.2, 0) is 5.41 Å². The minimum Gasteiger partial charge on any atom is -0.490 e. The number of ether oxygens (including phenoxy) is 1. The van der Waals surface area contributed by atoms with Crippen molar-refractivity contribution < 1.29 is 4.74 Å². The van der Waals surface area contributed by atoms with Gasteiger partial charge in [0.25, 0.3) is 0 Å². The first kappa shape index (κ1) is 26.6. The molecule has 6 nitrogen and oxygen atoms in total. The maximum atomic E-state index is 6.05. The number of likely N-dealkylation sites (N-methyl/N-ethyl adjacent to an activating group) is 1. The average Bonchev–Trinajstić information content (AvgIpc) is 2.92. The molecule has 5 rings (SSSR count). The lowest BCUT2D eigenvalue weighted by molar-refractivity contribution is 0.120. The molecule has 0 amide bonds. The first-order chi connectivity index (χ1) is 18.4. The van der Waals surface area contributed by atoms with Crippen LogP contribution >= 0.6 is 0 Å². The summed E-state index contributed by atoms with van der Waals surface area (Å²) < 4.78 is 6.05. The molecule has 1 aliphatic carbocycles. The van der Waals surface area contributed by atoms with Gasteiger partial charge in [-0.1, -0.05) is 38.1 Å². The zero-order chi connectivity index (χ0) is 26.5. The van der Waals surface area contributed by atoms with E-state index in [0.29, 0.717) is 6.10 Å². The number of anilines is 1. The van der Waals surface area contributed by atoms with Gasteiger partial charge in [-0.2, -0.15) is 0 Å². The second kappa shape index (κ2) is 11.8. The summed E-state index contributed by atoms with van der Waals surface area (Å²) in [6.07, 6.45) is 7.04. The molecule has 2 heterocycles. The monoisotopic (exact) mass is 513 g/mol. The number of benzene rings is 2. The van der Waals surface area contributed by atoms with Gasteiger partial charge in [0.2, 0.25) is 0 Å². The van der Waals surface area contributed by atoms with Gasteiger partial charge in [0, 0.05) is 50.0 Å². The minimum absolute atomic E-state index is 0.0867. The van der Waals surface area contributed by atoms with Crippen molar-refractivity contribution in [1.29, 1.82) is 0 Å². The van der Waals surface area contributed by atoms with Crippen LogP contribution in [0, 0.1) is 0 Å². The molecule has 1 saturated carbocycles. The van der Waals surface area contributed by atoms with Crippen molar-refractivity contribution in [2.24, 2.45) is 9.98 Å². The third kappa shape index (κ3) is 6.19. The van der Waals surface area contributed by atoms with Gasteiger partial charge in [-0.25, -0.2) is 0 Å².